The van der Waals surface area contributed by atoms with E-state index in [1.165, 1.54) is 11.1 Å². The summed E-state index contributed by atoms with van der Waals surface area (Å²) in [5.74, 6) is 0.292. The van der Waals surface area contributed by atoms with Crippen LogP contribution < -0.4 is 0 Å². The van der Waals surface area contributed by atoms with E-state index in [1.807, 2.05) is 18.2 Å². The van der Waals surface area contributed by atoms with E-state index in [0.717, 1.165) is 36.3 Å². The lowest BCUT2D eigenvalue weighted by Gasteiger charge is -2.22. The van der Waals surface area contributed by atoms with Gasteiger partial charge in [0, 0.05) is 5.02 Å². The van der Waals surface area contributed by atoms with Crippen molar-refractivity contribution in [3.63, 3.8) is 0 Å². The van der Waals surface area contributed by atoms with Crippen LogP contribution in [0.3, 0.4) is 0 Å². The quantitative estimate of drug-likeness (QED) is 0.802. The third-order valence-corrected chi connectivity index (χ3v) is 4.50. The fraction of sp³-hybridized carbons (Fsp3) is 0.333. The molecule has 2 atom stereocenters. The SMILES string of the molecule is OC1c2ccccc2CCCC1Cc1ccc(Cl)cc1. The van der Waals surface area contributed by atoms with Crippen molar-refractivity contribution in [3.8, 4) is 0 Å². The van der Waals surface area contributed by atoms with Crippen molar-refractivity contribution in [1.29, 1.82) is 0 Å². The van der Waals surface area contributed by atoms with Crippen molar-refractivity contribution in [2.75, 3.05) is 0 Å². The Hall–Kier alpha value is -1.31. The Kier molecular flexibility index (Phi) is 4.09. The first-order chi connectivity index (χ1) is 9.74. The molecule has 0 aromatic heterocycles. The molecule has 0 saturated carbocycles. The number of aliphatic hydroxyl groups excluding tert-OH is 1. The molecule has 0 spiro atoms. The van der Waals surface area contributed by atoms with Crippen molar-refractivity contribution < 1.29 is 5.11 Å². The first-order valence-corrected chi connectivity index (χ1v) is 7.62. The largest absolute Gasteiger partial charge is 0.388 e. The van der Waals surface area contributed by atoms with E-state index in [0.29, 0.717) is 5.92 Å². The molecule has 1 N–H and O–H groups in total. The first-order valence-electron chi connectivity index (χ1n) is 7.24. The van der Waals surface area contributed by atoms with Gasteiger partial charge in [0.15, 0.2) is 0 Å². The van der Waals surface area contributed by atoms with Crippen LogP contribution >= 0.6 is 11.6 Å². The lowest BCUT2D eigenvalue weighted by atomic mass is 9.88. The number of aryl methyl sites for hydroxylation is 1. The molecule has 0 amide bonds. The number of fused-ring (bicyclic) bond motifs is 1. The molecule has 1 aliphatic rings. The molecule has 2 unspecified atom stereocenters. The van der Waals surface area contributed by atoms with Crippen LogP contribution in [-0.2, 0) is 12.8 Å². The van der Waals surface area contributed by atoms with Crippen LogP contribution in [0.4, 0.5) is 0 Å². The zero-order chi connectivity index (χ0) is 13.9. The molecule has 2 heteroatoms. The molecule has 0 saturated heterocycles. The van der Waals surface area contributed by atoms with Gasteiger partial charge in [-0.25, -0.2) is 0 Å². The van der Waals surface area contributed by atoms with Gasteiger partial charge in [0.25, 0.3) is 0 Å². The maximum atomic E-state index is 10.7. The lowest BCUT2D eigenvalue weighted by molar-refractivity contribution is 0.105. The summed E-state index contributed by atoms with van der Waals surface area (Å²) in [6.45, 7) is 0. The number of halogens is 1. The van der Waals surface area contributed by atoms with E-state index in [2.05, 4.69) is 30.3 Å². The fourth-order valence-corrected chi connectivity index (χ4v) is 3.28. The molecule has 3 rings (SSSR count). The topological polar surface area (TPSA) is 20.2 Å². The van der Waals surface area contributed by atoms with Gasteiger partial charge >= 0.3 is 0 Å². The lowest BCUT2D eigenvalue weighted by Crippen LogP contribution is -2.14. The van der Waals surface area contributed by atoms with Crippen molar-refractivity contribution in [2.24, 2.45) is 5.92 Å². The van der Waals surface area contributed by atoms with E-state index >= 15 is 0 Å². The van der Waals surface area contributed by atoms with Crippen LogP contribution in [0.15, 0.2) is 48.5 Å². The third kappa shape index (κ3) is 2.89. The molecule has 0 bridgehead atoms. The number of hydrogen-bond acceptors (Lipinski definition) is 1. The first kappa shape index (κ1) is 13.7. The molecular weight excluding hydrogens is 268 g/mol. The fourth-order valence-electron chi connectivity index (χ4n) is 3.15. The van der Waals surface area contributed by atoms with Gasteiger partial charge < -0.3 is 5.11 Å². The second kappa shape index (κ2) is 5.99. The Morgan fingerprint density at radius 2 is 1.80 bits per heavy atom. The number of rotatable bonds is 2. The highest BCUT2D eigenvalue weighted by Gasteiger charge is 2.25. The smallest absolute Gasteiger partial charge is 0.0824 e. The maximum absolute atomic E-state index is 10.7. The van der Waals surface area contributed by atoms with E-state index < -0.39 is 0 Å². The Morgan fingerprint density at radius 1 is 1.05 bits per heavy atom. The predicted octanol–water partition coefficient (Wildman–Crippen LogP) is 4.57. The van der Waals surface area contributed by atoms with Crippen LogP contribution in [0, 0.1) is 5.92 Å². The zero-order valence-electron chi connectivity index (χ0n) is 11.4. The highest BCUT2D eigenvalue weighted by Crippen LogP contribution is 2.35. The van der Waals surface area contributed by atoms with Crippen LogP contribution in [0.1, 0.15) is 35.6 Å². The zero-order valence-corrected chi connectivity index (χ0v) is 12.2. The molecule has 0 fully saturated rings. The number of aliphatic hydroxyl groups is 1. The predicted molar refractivity (Wildman–Crippen MR) is 83.0 cm³/mol. The van der Waals surface area contributed by atoms with Gasteiger partial charge in [0.1, 0.15) is 0 Å². The van der Waals surface area contributed by atoms with E-state index in [-0.39, 0.29) is 6.10 Å². The molecule has 1 nitrogen and oxygen atoms in total. The van der Waals surface area contributed by atoms with Gasteiger partial charge in [-0.2, -0.15) is 0 Å². The minimum absolute atomic E-state index is 0.292. The van der Waals surface area contributed by atoms with Crippen LogP contribution in [0.25, 0.3) is 0 Å². The minimum Gasteiger partial charge on any atom is -0.388 e. The summed E-state index contributed by atoms with van der Waals surface area (Å²) >= 11 is 5.93. The molecule has 0 radical (unpaired) electrons. The van der Waals surface area contributed by atoms with Gasteiger partial charge in [-0.15, -0.1) is 0 Å². The van der Waals surface area contributed by atoms with Crippen LogP contribution in [-0.4, -0.2) is 5.11 Å². The highest BCUT2D eigenvalue weighted by atomic mass is 35.5. The summed E-state index contributed by atoms with van der Waals surface area (Å²) in [4.78, 5) is 0. The second-order valence-corrected chi connectivity index (χ2v) is 6.06. The van der Waals surface area contributed by atoms with Crippen molar-refractivity contribution in [3.05, 3.63) is 70.2 Å². The Labute approximate surface area is 125 Å². The van der Waals surface area contributed by atoms with E-state index in [4.69, 9.17) is 11.6 Å². The highest BCUT2D eigenvalue weighted by molar-refractivity contribution is 6.30. The molecule has 0 heterocycles. The van der Waals surface area contributed by atoms with Gasteiger partial charge in [0.05, 0.1) is 6.10 Å². The molecule has 0 aliphatic heterocycles. The van der Waals surface area contributed by atoms with Gasteiger partial charge in [-0.05, 0) is 60.4 Å². The van der Waals surface area contributed by atoms with Crippen molar-refractivity contribution >= 4 is 11.6 Å². The van der Waals surface area contributed by atoms with Crippen LogP contribution in [0.5, 0.6) is 0 Å². The summed E-state index contributed by atoms with van der Waals surface area (Å²) in [5.41, 5.74) is 3.67. The monoisotopic (exact) mass is 286 g/mol. The summed E-state index contributed by atoms with van der Waals surface area (Å²) in [7, 11) is 0. The molecule has 2 aromatic carbocycles. The minimum atomic E-state index is -0.357. The average Bonchev–Trinajstić information content (AvgIpc) is 2.62. The normalized spacial score (nSPS) is 22.1. The van der Waals surface area contributed by atoms with E-state index in [9.17, 15) is 5.11 Å². The average molecular weight is 287 g/mol. The molecular formula is C18H19ClO. The standard InChI is InChI=1S/C18H19ClO/c19-16-10-8-13(9-11-16)12-15-6-3-5-14-4-1-2-7-17(14)18(15)20/h1-2,4,7-11,15,18,20H,3,5-6,12H2. The number of benzene rings is 2. The Morgan fingerprint density at radius 3 is 2.60 bits per heavy atom. The third-order valence-electron chi connectivity index (χ3n) is 4.25. The Balaban J connectivity index is 1.82. The molecule has 1 aliphatic carbocycles. The van der Waals surface area contributed by atoms with E-state index in [1.54, 1.807) is 0 Å². The van der Waals surface area contributed by atoms with Crippen molar-refractivity contribution in [1.82, 2.24) is 0 Å². The molecule has 104 valence electrons. The summed E-state index contributed by atoms with van der Waals surface area (Å²) in [5, 5.41) is 11.5. The summed E-state index contributed by atoms with van der Waals surface area (Å²) in [6, 6.07) is 16.3. The number of hydrogen-bond donors (Lipinski definition) is 1. The maximum Gasteiger partial charge on any atom is 0.0824 e. The molecule has 2 aromatic rings. The Bertz CT molecular complexity index is 576. The molecule has 20 heavy (non-hydrogen) atoms. The van der Waals surface area contributed by atoms with Crippen LogP contribution in [0.2, 0.25) is 5.02 Å². The van der Waals surface area contributed by atoms with Gasteiger partial charge in [-0.1, -0.05) is 48.0 Å². The van der Waals surface area contributed by atoms with Gasteiger partial charge in [-0.3, -0.25) is 0 Å². The summed E-state index contributed by atoms with van der Waals surface area (Å²) < 4.78 is 0. The van der Waals surface area contributed by atoms with Gasteiger partial charge in [0.2, 0.25) is 0 Å². The van der Waals surface area contributed by atoms with Crippen molar-refractivity contribution in [2.45, 2.75) is 31.8 Å². The second-order valence-electron chi connectivity index (χ2n) is 5.63. The summed E-state index contributed by atoms with van der Waals surface area (Å²) in [6.07, 6.45) is 3.84.